The van der Waals surface area contributed by atoms with Crippen LogP contribution in [0.4, 0.5) is 5.69 Å². The number of alkyl halides is 1. The van der Waals surface area contributed by atoms with E-state index in [1.165, 1.54) is 23.2 Å². The minimum Gasteiger partial charge on any atom is -0.371 e. The van der Waals surface area contributed by atoms with Gasteiger partial charge in [-0.3, -0.25) is 0 Å². The Balaban J connectivity index is 1.82. The molecule has 0 saturated carbocycles. The third kappa shape index (κ3) is 2.87. The predicted octanol–water partition coefficient (Wildman–Crippen LogP) is 5.23. The Morgan fingerprint density at radius 1 is 1.15 bits per heavy atom. The van der Waals surface area contributed by atoms with E-state index in [2.05, 4.69) is 63.3 Å². The standard InChI is InChI=1S/C17H17BrClN/c18-11-14-6-7-16(19)10-17(14)20-9-8-15(12-20)13-4-2-1-3-5-13/h1-7,10,15H,8-9,11-12H2. The van der Waals surface area contributed by atoms with E-state index < -0.39 is 0 Å². The van der Waals surface area contributed by atoms with Gasteiger partial charge in [0.1, 0.15) is 0 Å². The van der Waals surface area contributed by atoms with Crippen molar-refractivity contribution in [2.24, 2.45) is 0 Å². The molecular weight excluding hydrogens is 334 g/mol. The van der Waals surface area contributed by atoms with Gasteiger partial charge < -0.3 is 4.90 Å². The van der Waals surface area contributed by atoms with E-state index in [0.29, 0.717) is 5.92 Å². The summed E-state index contributed by atoms with van der Waals surface area (Å²) in [7, 11) is 0. The van der Waals surface area contributed by atoms with Crippen molar-refractivity contribution >= 4 is 33.2 Å². The fourth-order valence-corrected chi connectivity index (χ4v) is 3.56. The van der Waals surface area contributed by atoms with E-state index in [-0.39, 0.29) is 0 Å². The van der Waals surface area contributed by atoms with Crippen LogP contribution in [0.3, 0.4) is 0 Å². The first-order valence-electron chi connectivity index (χ1n) is 6.92. The molecule has 1 aliphatic heterocycles. The third-order valence-electron chi connectivity index (χ3n) is 3.99. The van der Waals surface area contributed by atoms with Crippen LogP contribution in [0, 0.1) is 0 Å². The van der Waals surface area contributed by atoms with Crippen molar-refractivity contribution in [3.63, 3.8) is 0 Å². The van der Waals surface area contributed by atoms with Crippen LogP contribution in [0.1, 0.15) is 23.5 Å². The summed E-state index contributed by atoms with van der Waals surface area (Å²) in [4.78, 5) is 2.46. The molecule has 1 fully saturated rings. The van der Waals surface area contributed by atoms with Gasteiger partial charge in [-0.05, 0) is 29.7 Å². The lowest BCUT2D eigenvalue weighted by Gasteiger charge is -2.22. The Hall–Kier alpha value is -0.990. The number of nitrogens with zero attached hydrogens (tertiary/aromatic N) is 1. The lowest BCUT2D eigenvalue weighted by Crippen LogP contribution is -2.20. The molecule has 0 spiro atoms. The highest BCUT2D eigenvalue weighted by Gasteiger charge is 2.25. The minimum absolute atomic E-state index is 0.623. The second-order valence-corrected chi connectivity index (χ2v) is 6.25. The Labute approximate surface area is 133 Å². The summed E-state index contributed by atoms with van der Waals surface area (Å²) in [6.45, 7) is 2.17. The zero-order valence-corrected chi connectivity index (χ0v) is 13.6. The molecule has 0 aromatic heterocycles. The maximum atomic E-state index is 6.16. The molecule has 3 rings (SSSR count). The highest BCUT2D eigenvalue weighted by molar-refractivity contribution is 9.08. The molecule has 0 amide bonds. The first-order chi connectivity index (χ1) is 9.78. The van der Waals surface area contributed by atoms with Gasteiger partial charge in [0, 0.05) is 35.0 Å². The summed E-state index contributed by atoms with van der Waals surface area (Å²) in [5, 5.41) is 1.68. The molecule has 1 aliphatic rings. The van der Waals surface area contributed by atoms with Crippen LogP contribution in [0.15, 0.2) is 48.5 Å². The molecule has 0 bridgehead atoms. The molecule has 1 nitrogen and oxygen atoms in total. The third-order valence-corrected chi connectivity index (χ3v) is 4.83. The predicted molar refractivity (Wildman–Crippen MR) is 90.1 cm³/mol. The summed E-state index contributed by atoms with van der Waals surface area (Å²) < 4.78 is 0. The summed E-state index contributed by atoms with van der Waals surface area (Å²) in [6, 6.07) is 17.0. The zero-order chi connectivity index (χ0) is 13.9. The zero-order valence-electron chi connectivity index (χ0n) is 11.2. The normalized spacial score (nSPS) is 18.5. The van der Waals surface area contributed by atoms with Crippen molar-refractivity contribution < 1.29 is 0 Å². The van der Waals surface area contributed by atoms with Crippen molar-refractivity contribution in [3.8, 4) is 0 Å². The molecule has 0 radical (unpaired) electrons. The Kier molecular flexibility index (Phi) is 4.32. The minimum atomic E-state index is 0.623. The van der Waals surface area contributed by atoms with Gasteiger partial charge in [-0.25, -0.2) is 0 Å². The van der Waals surface area contributed by atoms with Crippen LogP contribution in [0.25, 0.3) is 0 Å². The van der Waals surface area contributed by atoms with Crippen molar-refractivity contribution in [1.29, 1.82) is 0 Å². The Morgan fingerprint density at radius 3 is 2.70 bits per heavy atom. The number of halogens is 2. The quantitative estimate of drug-likeness (QED) is 0.685. The molecule has 0 aliphatic carbocycles. The SMILES string of the molecule is Clc1ccc(CBr)c(N2CCC(c3ccccc3)C2)c1. The lowest BCUT2D eigenvalue weighted by atomic mass is 9.99. The van der Waals surface area contributed by atoms with Crippen LogP contribution >= 0.6 is 27.5 Å². The van der Waals surface area contributed by atoms with E-state index in [1.54, 1.807) is 0 Å². The second kappa shape index (κ2) is 6.19. The van der Waals surface area contributed by atoms with E-state index in [4.69, 9.17) is 11.6 Å². The van der Waals surface area contributed by atoms with Gasteiger partial charge in [0.25, 0.3) is 0 Å². The van der Waals surface area contributed by atoms with E-state index >= 15 is 0 Å². The second-order valence-electron chi connectivity index (χ2n) is 5.25. The van der Waals surface area contributed by atoms with E-state index in [9.17, 15) is 0 Å². The monoisotopic (exact) mass is 349 g/mol. The maximum absolute atomic E-state index is 6.16. The largest absolute Gasteiger partial charge is 0.371 e. The first kappa shape index (κ1) is 14.0. The molecule has 0 N–H and O–H groups in total. The van der Waals surface area contributed by atoms with Crippen LogP contribution in [-0.2, 0) is 5.33 Å². The summed E-state index contributed by atoms with van der Waals surface area (Å²) in [5.41, 5.74) is 4.02. The van der Waals surface area contributed by atoms with Crippen molar-refractivity contribution in [2.45, 2.75) is 17.7 Å². The fourth-order valence-electron chi connectivity index (χ4n) is 2.92. The molecular formula is C17H17BrClN. The molecule has 3 heteroatoms. The van der Waals surface area contributed by atoms with Crippen molar-refractivity contribution in [3.05, 3.63) is 64.7 Å². The molecule has 20 heavy (non-hydrogen) atoms. The average molecular weight is 351 g/mol. The molecule has 104 valence electrons. The number of hydrogen-bond acceptors (Lipinski definition) is 1. The Morgan fingerprint density at radius 2 is 1.95 bits per heavy atom. The maximum Gasteiger partial charge on any atom is 0.0426 e. The van der Waals surface area contributed by atoms with Crippen LogP contribution in [0.2, 0.25) is 5.02 Å². The number of benzene rings is 2. The molecule has 2 aromatic rings. The molecule has 1 atom stereocenters. The van der Waals surface area contributed by atoms with Gasteiger partial charge in [0.15, 0.2) is 0 Å². The van der Waals surface area contributed by atoms with Crippen molar-refractivity contribution in [1.82, 2.24) is 0 Å². The van der Waals surface area contributed by atoms with Crippen LogP contribution < -0.4 is 4.90 Å². The fraction of sp³-hybridized carbons (Fsp3) is 0.294. The smallest absolute Gasteiger partial charge is 0.0426 e. The summed E-state index contributed by atoms with van der Waals surface area (Å²) in [5.74, 6) is 0.623. The van der Waals surface area contributed by atoms with Crippen LogP contribution in [-0.4, -0.2) is 13.1 Å². The van der Waals surface area contributed by atoms with Crippen molar-refractivity contribution in [2.75, 3.05) is 18.0 Å². The summed E-state index contributed by atoms with van der Waals surface area (Å²) >= 11 is 9.73. The van der Waals surface area contributed by atoms with Gasteiger partial charge in [-0.1, -0.05) is 63.9 Å². The topological polar surface area (TPSA) is 3.24 Å². The Bertz CT molecular complexity index is 585. The number of hydrogen-bond donors (Lipinski definition) is 0. The molecule has 1 unspecified atom stereocenters. The van der Waals surface area contributed by atoms with Gasteiger partial charge in [-0.2, -0.15) is 0 Å². The molecule has 2 aromatic carbocycles. The average Bonchev–Trinajstić information content (AvgIpc) is 2.98. The first-order valence-corrected chi connectivity index (χ1v) is 8.42. The molecule has 1 heterocycles. The van der Waals surface area contributed by atoms with E-state index in [0.717, 1.165) is 23.4 Å². The van der Waals surface area contributed by atoms with Gasteiger partial charge in [0.2, 0.25) is 0 Å². The van der Waals surface area contributed by atoms with Crippen LogP contribution in [0.5, 0.6) is 0 Å². The van der Waals surface area contributed by atoms with E-state index in [1.807, 2.05) is 6.07 Å². The van der Waals surface area contributed by atoms with Gasteiger partial charge in [0.05, 0.1) is 0 Å². The number of rotatable bonds is 3. The number of anilines is 1. The highest BCUT2D eigenvalue weighted by atomic mass is 79.9. The lowest BCUT2D eigenvalue weighted by molar-refractivity contribution is 0.775. The highest BCUT2D eigenvalue weighted by Crippen LogP contribution is 2.34. The van der Waals surface area contributed by atoms with Gasteiger partial charge >= 0.3 is 0 Å². The van der Waals surface area contributed by atoms with Gasteiger partial charge in [-0.15, -0.1) is 0 Å². The summed E-state index contributed by atoms with van der Waals surface area (Å²) in [6.07, 6.45) is 1.21. The molecule has 1 saturated heterocycles.